The lowest BCUT2D eigenvalue weighted by molar-refractivity contribution is -0.116. The second-order valence-electron chi connectivity index (χ2n) is 7.94. The molecule has 0 bridgehead atoms. The van der Waals surface area contributed by atoms with Crippen LogP contribution in [0.25, 0.3) is 0 Å². The topological polar surface area (TPSA) is 73.0 Å². The molecule has 2 aromatic carbocycles. The van der Waals surface area contributed by atoms with Gasteiger partial charge in [0.05, 0.1) is 11.1 Å². The van der Waals surface area contributed by atoms with Crippen LogP contribution < -0.4 is 10.2 Å². The van der Waals surface area contributed by atoms with E-state index in [4.69, 9.17) is 0 Å². The van der Waals surface area contributed by atoms with E-state index in [1.165, 1.54) is 4.90 Å². The fraction of sp³-hybridized carbons (Fsp3) is 0.348. The number of nitrogens with one attached hydrogen (secondary N) is 1. The van der Waals surface area contributed by atoms with Crippen LogP contribution in [0.3, 0.4) is 0 Å². The summed E-state index contributed by atoms with van der Waals surface area (Å²) in [6.45, 7) is 4.30. The molecule has 0 saturated carbocycles. The summed E-state index contributed by atoms with van der Waals surface area (Å²) in [7, 11) is 2.13. The van der Waals surface area contributed by atoms with Crippen molar-refractivity contribution in [2.75, 3.05) is 50.0 Å². The summed E-state index contributed by atoms with van der Waals surface area (Å²) < 4.78 is 0.757. The fourth-order valence-corrected chi connectivity index (χ4v) is 4.27. The van der Waals surface area contributed by atoms with Crippen LogP contribution >= 0.6 is 15.9 Å². The second kappa shape index (κ2) is 9.20. The van der Waals surface area contributed by atoms with Gasteiger partial charge in [-0.3, -0.25) is 19.3 Å². The molecule has 0 aliphatic carbocycles. The van der Waals surface area contributed by atoms with Crippen molar-refractivity contribution in [2.24, 2.45) is 0 Å². The molecule has 4 rings (SSSR count). The first-order valence-electron chi connectivity index (χ1n) is 10.4. The highest BCUT2D eigenvalue weighted by Gasteiger charge is 2.35. The lowest BCUT2D eigenvalue weighted by Gasteiger charge is -2.34. The summed E-state index contributed by atoms with van der Waals surface area (Å²) in [5, 5.41) is 2.89. The molecule has 0 aromatic heterocycles. The summed E-state index contributed by atoms with van der Waals surface area (Å²) in [5.74, 6) is -0.736. The third-order valence-corrected chi connectivity index (χ3v) is 6.23. The Kier molecular flexibility index (Phi) is 6.38. The summed E-state index contributed by atoms with van der Waals surface area (Å²) in [6, 6.07) is 12.9. The SMILES string of the molecule is CN1CCN(c2ccc(NC(=O)CCCN3C(=O)c4ccc(Br)cc4C3=O)cc2)CC1. The number of nitrogens with zero attached hydrogens (tertiary/aromatic N) is 3. The lowest BCUT2D eigenvalue weighted by atomic mass is 10.1. The van der Waals surface area contributed by atoms with E-state index in [1.54, 1.807) is 18.2 Å². The van der Waals surface area contributed by atoms with Crippen molar-refractivity contribution >= 4 is 45.0 Å². The maximum Gasteiger partial charge on any atom is 0.261 e. The van der Waals surface area contributed by atoms with Crippen LogP contribution in [0.5, 0.6) is 0 Å². The Balaban J connectivity index is 1.25. The van der Waals surface area contributed by atoms with E-state index in [1.807, 2.05) is 24.3 Å². The highest BCUT2D eigenvalue weighted by atomic mass is 79.9. The molecule has 0 atom stereocenters. The first-order valence-corrected chi connectivity index (χ1v) is 11.2. The Bertz CT molecular complexity index is 1000. The smallest absolute Gasteiger partial charge is 0.261 e. The van der Waals surface area contributed by atoms with Gasteiger partial charge in [0.1, 0.15) is 0 Å². The molecular weight excluding hydrogens is 460 g/mol. The summed E-state index contributed by atoms with van der Waals surface area (Å²) in [5.41, 5.74) is 2.72. The van der Waals surface area contributed by atoms with Crippen molar-refractivity contribution in [3.05, 3.63) is 58.1 Å². The van der Waals surface area contributed by atoms with Crippen molar-refractivity contribution in [2.45, 2.75) is 12.8 Å². The normalized spacial score (nSPS) is 16.6. The molecule has 8 heteroatoms. The fourth-order valence-electron chi connectivity index (χ4n) is 3.91. The first kappa shape index (κ1) is 21.5. The molecule has 31 heavy (non-hydrogen) atoms. The predicted molar refractivity (Wildman–Crippen MR) is 124 cm³/mol. The van der Waals surface area contributed by atoms with E-state index in [9.17, 15) is 14.4 Å². The molecule has 0 spiro atoms. The number of benzene rings is 2. The van der Waals surface area contributed by atoms with Crippen molar-refractivity contribution in [3.63, 3.8) is 0 Å². The van der Waals surface area contributed by atoms with E-state index in [0.717, 1.165) is 42.0 Å². The maximum atomic E-state index is 12.5. The number of piperazine rings is 1. The third kappa shape index (κ3) is 4.80. The number of carbonyl (C=O) groups excluding carboxylic acids is 3. The minimum absolute atomic E-state index is 0.133. The van der Waals surface area contributed by atoms with Crippen LogP contribution in [0.15, 0.2) is 46.9 Å². The van der Waals surface area contributed by atoms with Crippen molar-refractivity contribution < 1.29 is 14.4 Å². The molecular formula is C23H25BrN4O3. The molecule has 2 heterocycles. The van der Waals surface area contributed by atoms with Crippen molar-refractivity contribution in [1.82, 2.24) is 9.80 Å². The maximum absolute atomic E-state index is 12.5. The van der Waals surface area contributed by atoms with E-state index >= 15 is 0 Å². The number of fused-ring (bicyclic) bond motifs is 1. The number of rotatable bonds is 6. The Hall–Kier alpha value is -2.71. The highest BCUT2D eigenvalue weighted by Crippen LogP contribution is 2.26. The minimum Gasteiger partial charge on any atom is -0.369 e. The molecule has 1 saturated heterocycles. The first-order chi connectivity index (χ1) is 14.9. The van der Waals surface area contributed by atoms with Gasteiger partial charge in [0, 0.05) is 55.0 Å². The summed E-state index contributed by atoms with van der Waals surface area (Å²) in [4.78, 5) is 43.1. The molecule has 1 fully saturated rings. The molecule has 3 amide bonds. The zero-order valence-corrected chi connectivity index (χ0v) is 19.0. The van der Waals surface area contributed by atoms with Gasteiger partial charge < -0.3 is 15.1 Å². The largest absolute Gasteiger partial charge is 0.369 e. The van der Waals surface area contributed by atoms with E-state index in [2.05, 4.69) is 38.1 Å². The molecule has 2 aliphatic heterocycles. The Labute approximate surface area is 190 Å². The van der Waals surface area contributed by atoms with Gasteiger partial charge in [-0.05, 0) is 55.9 Å². The van der Waals surface area contributed by atoms with Gasteiger partial charge in [-0.2, -0.15) is 0 Å². The van der Waals surface area contributed by atoms with Crippen molar-refractivity contribution in [3.8, 4) is 0 Å². The van der Waals surface area contributed by atoms with Gasteiger partial charge in [0.2, 0.25) is 5.91 Å². The number of hydrogen-bond donors (Lipinski definition) is 1. The lowest BCUT2D eigenvalue weighted by Crippen LogP contribution is -2.44. The average Bonchev–Trinajstić information content (AvgIpc) is 2.99. The number of anilines is 2. The Morgan fingerprint density at radius 1 is 0.968 bits per heavy atom. The van der Waals surface area contributed by atoms with Gasteiger partial charge >= 0.3 is 0 Å². The van der Waals surface area contributed by atoms with E-state index in [-0.39, 0.29) is 30.7 Å². The number of likely N-dealkylation sites (N-methyl/N-ethyl adjacent to an activating group) is 1. The van der Waals surface area contributed by atoms with Crippen LogP contribution in [0, 0.1) is 0 Å². The standard InChI is InChI=1S/C23H25BrN4O3/c1-26-11-13-27(14-12-26)18-7-5-17(6-8-18)25-21(29)3-2-10-28-22(30)19-9-4-16(24)15-20(19)23(28)31/h4-9,15H,2-3,10-14H2,1H3,(H,25,29). The molecule has 0 unspecified atom stereocenters. The number of halogens is 1. The van der Waals surface area contributed by atoms with Crippen LogP contribution in [-0.2, 0) is 4.79 Å². The number of imide groups is 1. The van der Waals surface area contributed by atoms with Crippen molar-refractivity contribution in [1.29, 1.82) is 0 Å². The molecule has 2 aromatic rings. The zero-order valence-electron chi connectivity index (χ0n) is 17.4. The van der Waals surface area contributed by atoms with Gasteiger partial charge in [-0.15, -0.1) is 0 Å². The molecule has 7 nitrogen and oxygen atoms in total. The van der Waals surface area contributed by atoms with Gasteiger partial charge in [0.15, 0.2) is 0 Å². The van der Waals surface area contributed by atoms with E-state index < -0.39 is 0 Å². The number of hydrogen-bond acceptors (Lipinski definition) is 5. The van der Waals surface area contributed by atoms with Crippen LogP contribution in [0.1, 0.15) is 33.6 Å². The summed E-state index contributed by atoms with van der Waals surface area (Å²) >= 11 is 3.33. The molecule has 162 valence electrons. The molecule has 1 N–H and O–H groups in total. The number of amides is 3. The van der Waals surface area contributed by atoms with E-state index in [0.29, 0.717) is 17.5 Å². The molecule has 0 radical (unpaired) electrons. The number of carbonyl (C=O) groups is 3. The minimum atomic E-state index is -0.304. The summed E-state index contributed by atoms with van der Waals surface area (Å²) in [6.07, 6.45) is 0.648. The second-order valence-corrected chi connectivity index (χ2v) is 8.86. The van der Waals surface area contributed by atoms with Crippen LogP contribution in [0.4, 0.5) is 11.4 Å². The molecule has 2 aliphatic rings. The monoisotopic (exact) mass is 484 g/mol. The average molecular weight is 485 g/mol. The van der Waals surface area contributed by atoms with Crippen LogP contribution in [0.2, 0.25) is 0 Å². The Morgan fingerprint density at radius 2 is 1.65 bits per heavy atom. The van der Waals surface area contributed by atoms with Crippen LogP contribution in [-0.4, -0.2) is 67.3 Å². The zero-order chi connectivity index (χ0) is 22.0. The van der Waals surface area contributed by atoms with Gasteiger partial charge in [-0.25, -0.2) is 0 Å². The predicted octanol–water partition coefficient (Wildman–Crippen LogP) is 3.22. The highest BCUT2D eigenvalue weighted by molar-refractivity contribution is 9.10. The third-order valence-electron chi connectivity index (χ3n) is 5.74. The Morgan fingerprint density at radius 3 is 2.35 bits per heavy atom. The van der Waals surface area contributed by atoms with Gasteiger partial charge in [0.25, 0.3) is 11.8 Å². The quantitative estimate of drug-likeness (QED) is 0.637. The van der Waals surface area contributed by atoms with Gasteiger partial charge in [-0.1, -0.05) is 15.9 Å².